The van der Waals surface area contributed by atoms with E-state index >= 15 is 0 Å². The first-order valence-electron chi connectivity index (χ1n) is 7.30. The second-order valence-corrected chi connectivity index (χ2v) is 5.50. The Balaban J connectivity index is 1.74. The molecular weight excluding hydrogens is 349 g/mol. The number of aromatic nitrogens is 2. The molecule has 128 valence electrons. The van der Waals surface area contributed by atoms with E-state index in [1.54, 1.807) is 31.2 Å². The minimum absolute atomic E-state index is 0.0595. The zero-order valence-electron chi connectivity index (χ0n) is 13.1. The average molecular weight is 362 g/mol. The van der Waals surface area contributed by atoms with Gasteiger partial charge in [-0.1, -0.05) is 28.9 Å². The second kappa shape index (κ2) is 7.31. The van der Waals surface area contributed by atoms with Crippen molar-refractivity contribution in [1.29, 1.82) is 0 Å². The number of carbonyl (C=O) groups is 1. The summed E-state index contributed by atoms with van der Waals surface area (Å²) in [6.07, 6.45) is 0. The monoisotopic (exact) mass is 361 g/mol. The smallest absolute Gasteiger partial charge is 0.259 e. The van der Waals surface area contributed by atoms with Gasteiger partial charge in [0.15, 0.2) is 6.61 Å². The number of para-hydroxylation sites is 1. The Bertz CT molecular complexity index is 914. The van der Waals surface area contributed by atoms with Crippen molar-refractivity contribution in [3.05, 3.63) is 70.6 Å². The molecule has 0 unspecified atom stereocenters. The molecule has 1 N–H and O–H groups in total. The van der Waals surface area contributed by atoms with Gasteiger partial charge in [-0.15, -0.1) is 0 Å². The molecule has 2 aromatic carbocycles. The van der Waals surface area contributed by atoms with Crippen molar-refractivity contribution in [3.8, 4) is 5.75 Å². The van der Waals surface area contributed by atoms with Gasteiger partial charge in [0.2, 0.25) is 11.7 Å². The molecule has 0 spiro atoms. The zero-order chi connectivity index (χ0) is 17.8. The molecule has 1 amide bonds. The maximum Gasteiger partial charge on any atom is 0.259 e. The number of nitrogens with zero attached hydrogens (tertiary/aromatic N) is 2. The Morgan fingerprint density at radius 1 is 1.32 bits per heavy atom. The number of benzene rings is 2. The van der Waals surface area contributed by atoms with Crippen LogP contribution in [0.2, 0.25) is 5.02 Å². The van der Waals surface area contributed by atoms with E-state index < -0.39 is 11.7 Å². The third kappa shape index (κ3) is 4.13. The third-order valence-electron chi connectivity index (χ3n) is 3.24. The van der Waals surface area contributed by atoms with Crippen LogP contribution in [-0.2, 0) is 6.61 Å². The van der Waals surface area contributed by atoms with Crippen molar-refractivity contribution in [3.63, 3.8) is 0 Å². The molecule has 0 radical (unpaired) electrons. The van der Waals surface area contributed by atoms with E-state index in [-0.39, 0.29) is 11.6 Å². The first kappa shape index (κ1) is 16.9. The van der Waals surface area contributed by atoms with Crippen molar-refractivity contribution in [1.82, 2.24) is 10.1 Å². The number of ether oxygens (including phenoxy) is 1. The quantitative estimate of drug-likeness (QED) is 0.743. The molecule has 0 saturated carbocycles. The summed E-state index contributed by atoms with van der Waals surface area (Å²) in [5, 5.41) is 6.30. The maximum absolute atomic E-state index is 13.2. The maximum atomic E-state index is 13.2. The Labute approximate surface area is 147 Å². The van der Waals surface area contributed by atoms with E-state index in [2.05, 4.69) is 15.5 Å². The number of carbonyl (C=O) groups excluding carboxylic acids is 1. The molecule has 1 aromatic heterocycles. The minimum atomic E-state index is -0.557. The van der Waals surface area contributed by atoms with Crippen LogP contribution >= 0.6 is 11.6 Å². The minimum Gasteiger partial charge on any atom is -0.485 e. The Kier molecular flexibility index (Phi) is 4.95. The molecule has 8 heteroatoms. The topological polar surface area (TPSA) is 77.2 Å². The third-order valence-corrected chi connectivity index (χ3v) is 3.53. The Morgan fingerprint density at radius 3 is 2.84 bits per heavy atom. The summed E-state index contributed by atoms with van der Waals surface area (Å²) >= 11 is 5.72. The highest BCUT2D eigenvalue weighted by Crippen LogP contribution is 2.23. The lowest BCUT2D eigenvalue weighted by atomic mass is 10.2. The molecule has 0 atom stereocenters. The number of hydrogen-bond donors (Lipinski definition) is 1. The summed E-state index contributed by atoms with van der Waals surface area (Å²) in [6, 6.07) is 10.6. The van der Waals surface area contributed by atoms with Crippen LogP contribution < -0.4 is 10.1 Å². The number of nitrogens with one attached hydrogen (secondary N) is 1. The van der Waals surface area contributed by atoms with Crippen LogP contribution in [0.5, 0.6) is 5.75 Å². The first-order valence-corrected chi connectivity index (χ1v) is 7.68. The van der Waals surface area contributed by atoms with E-state index in [9.17, 15) is 9.18 Å². The molecule has 25 heavy (non-hydrogen) atoms. The van der Waals surface area contributed by atoms with E-state index in [4.69, 9.17) is 20.9 Å². The summed E-state index contributed by atoms with van der Waals surface area (Å²) < 4.78 is 23.7. The van der Waals surface area contributed by atoms with Crippen molar-refractivity contribution in [2.45, 2.75) is 13.5 Å². The molecule has 0 aliphatic rings. The molecule has 0 fully saturated rings. The predicted octanol–water partition coefficient (Wildman–Crippen LogP) is 4.00. The Hall–Kier alpha value is -2.93. The van der Waals surface area contributed by atoms with Crippen LogP contribution in [0.3, 0.4) is 0 Å². The van der Waals surface area contributed by atoms with Crippen molar-refractivity contribution < 1.29 is 18.4 Å². The average Bonchev–Trinajstić information content (AvgIpc) is 3.02. The fourth-order valence-corrected chi connectivity index (χ4v) is 2.28. The van der Waals surface area contributed by atoms with Gasteiger partial charge in [-0.3, -0.25) is 4.79 Å². The van der Waals surface area contributed by atoms with Crippen LogP contribution in [0.15, 0.2) is 47.0 Å². The standard InChI is InChI=1S/C17H13ClFN3O3/c1-10-20-16(22-25-10)9-24-15-5-3-2-4-12(15)17(23)21-11-6-7-14(19)13(18)8-11/h2-8H,9H2,1H3,(H,21,23). The van der Waals surface area contributed by atoms with E-state index in [1.165, 1.54) is 18.2 Å². The number of amides is 1. The highest BCUT2D eigenvalue weighted by atomic mass is 35.5. The van der Waals surface area contributed by atoms with E-state index in [0.29, 0.717) is 28.7 Å². The second-order valence-electron chi connectivity index (χ2n) is 5.10. The number of anilines is 1. The number of aryl methyl sites for hydroxylation is 1. The van der Waals surface area contributed by atoms with Gasteiger partial charge in [0.05, 0.1) is 10.6 Å². The summed E-state index contributed by atoms with van der Waals surface area (Å²) in [6.45, 7) is 1.73. The number of hydrogen-bond acceptors (Lipinski definition) is 5. The van der Waals surface area contributed by atoms with Gasteiger partial charge >= 0.3 is 0 Å². The van der Waals surface area contributed by atoms with Crippen LogP contribution in [0.4, 0.5) is 10.1 Å². The van der Waals surface area contributed by atoms with Crippen LogP contribution in [0.25, 0.3) is 0 Å². The SMILES string of the molecule is Cc1nc(COc2ccccc2C(=O)Nc2ccc(F)c(Cl)c2)no1. The normalized spacial score (nSPS) is 10.5. The fraction of sp³-hybridized carbons (Fsp3) is 0.118. The van der Waals surface area contributed by atoms with Crippen LogP contribution in [0.1, 0.15) is 22.1 Å². The first-order chi connectivity index (χ1) is 12.0. The van der Waals surface area contributed by atoms with Crippen molar-refractivity contribution in [2.75, 3.05) is 5.32 Å². The molecule has 3 aromatic rings. The van der Waals surface area contributed by atoms with Gasteiger partial charge in [0.25, 0.3) is 5.91 Å². The van der Waals surface area contributed by atoms with Gasteiger partial charge in [0.1, 0.15) is 11.6 Å². The van der Waals surface area contributed by atoms with Gasteiger partial charge in [0, 0.05) is 12.6 Å². The lowest BCUT2D eigenvalue weighted by Crippen LogP contribution is -2.14. The van der Waals surface area contributed by atoms with Gasteiger partial charge in [-0.25, -0.2) is 4.39 Å². The van der Waals surface area contributed by atoms with Gasteiger partial charge in [-0.05, 0) is 30.3 Å². The van der Waals surface area contributed by atoms with Crippen molar-refractivity contribution in [2.24, 2.45) is 0 Å². The summed E-state index contributed by atoms with van der Waals surface area (Å²) in [5.41, 5.74) is 0.683. The lowest BCUT2D eigenvalue weighted by Gasteiger charge is -2.11. The van der Waals surface area contributed by atoms with Gasteiger partial charge < -0.3 is 14.6 Å². The molecule has 0 saturated heterocycles. The summed E-state index contributed by atoms with van der Waals surface area (Å²) in [7, 11) is 0. The molecule has 6 nitrogen and oxygen atoms in total. The van der Waals surface area contributed by atoms with Crippen LogP contribution in [0, 0.1) is 12.7 Å². The fourth-order valence-electron chi connectivity index (χ4n) is 2.09. The molecule has 0 aliphatic heterocycles. The molecule has 0 aliphatic carbocycles. The largest absolute Gasteiger partial charge is 0.485 e. The van der Waals surface area contributed by atoms with Crippen molar-refractivity contribution >= 4 is 23.2 Å². The van der Waals surface area contributed by atoms with E-state index in [0.717, 1.165) is 0 Å². The van der Waals surface area contributed by atoms with E-state index in [1.807, 2.05) is 0 Å². The highest BCUT2D eigenvalue weighted by Gasteiger charge is 2.14. The number of halogens is 2. The molecular formula is C17H13ClFN3O3. The Morgan fingerprint density at radius 2 is 2.12 bits per heavy atom. The highest BCUT2D eigenvalue weighted by molar-refractivity contribution is 6.31. The molecule has 0 bridgehead atoms. The summed E-state index contributed by atoms with van der Waals surface area (Å²) in [4.78, 5) is 16.5. The van der Waals surface area contributed by atoms with Gasteiger partial charge in [-0.2, -0.15) is 4.98 Å². The number of rotatable bonds is 5. The predicted molar refractivity (Wildman–Crippen MR) is 89.2 cm³/mol. The zero-order valence-corrected chi connectivity index (χ0v) is 13.9. The molecule has 3 rings (SSSR count). The molecule has 1 heterocycles. The van der Waals surface area contributed by atoms with Crippen LogP contribution in [-0.4, -0.2) is 16.0 Å². The lowest BCUT2D eigenvalue weighted by molar-refractivity contribution is 0.102. The summed E-state index contributed by atoms with van der Waals surface area (Å²) in [5.74, 6) is 0.188.